The zero-order chi connectivity index (χ0) is 27.0. The summed E-state index contributed by atoms with van der Waals surface area (Å²) in [6.07, 6.45) is 0.643. The first-order valence-electron chi connectivity index (χ1n) is 13.5. The second-order valence-corrected chi connectivity index (χ2v) is 12.9. The van der Waals surface area contributed by atoms with Crippen molar-refractivity contribution >= 4 is 15.7 Å². The maximum absolute atomic E-state index is 13.7. The molecule has 3 aromatic carbocycles. The van der Waals surface area contributed by atoms with E-state index in [2.05, 4.69) is 86.8 Å². The molecule has 1 aliphatic heterocycles. The van der Waals surface area contributed by atoms with Gasteiger partial charge in [0.25, 0.3) is 0 Å². The number of carbonyl (C=O) groups excluding carboxylic acids is 1. The number of rotatable bonds is 11. The summed E-state index contributed by atoms with van der Waals surface area (Å²) in [5, 5.41) is 3.29. The Hall–Kier alpha value is -2.77. The largest absolute Gasteiger partial charge is 0.401 e. The van der Waals surface area contributed by atoms with E-state index in [9.17, 15) is 4.79 Å². The standard InChI is InChI=1S/C32H40N2O3Si/c1-25-30(35)34(22-21-33-25)29(20-23-36-24-26-14-8-5-9-15-26)32(37-38-31(2,3)4,27-16-10-6-11-17-27)28-18-12-7-13-19-28/h5-19,25,29,33H,20-24H2,1-4H3/t25-,29-/m0/s1. The Balaban J connectivity index is 1.78. The molecule has 4 rings (SSSR count). The van der Waals surface area contributed by atoms with Gasteiger partial charge < -0.3 is 19.4 Å². The molecule has 5 nitrogen and oxygen atoms in total. The fraction of sp³-hybridized carbons (Fsp3) is 0.406. The molecule has 1 N–H and O–H groups in total. The van der Waals surface area contributed by atoms with Crippen LogP contribution in [0.4, 0.5) is 0 Å². The zero-order valence-electron chi connectivity index (χ0n) is 23.0. The monoisotopic (exact) mass is 528 g/mol. The SMILES string of the molecule is C[C@@H]1NCCN([C@@H](CCOCc2ccccc2)C(O[Si]C(C)(C)C)(c2ccccc2)c2ccccc2)C1=O. The van der Waals surface area contributed by atoms with Crippen LogP contribution in [0.15, 0.2) is 91.0 Å². The van der Waals surface area contributed by atoms with Crippen LogP contribution < -0.4 is 5.32 Å². The molecular weight excluding hydrogens is 488 g/mol. The first-order valence-corrected chi connectivity index (χ1v) is 14.4. The molecule has 1 saturated heterocycles. The summed E-state index contributed by atoms with van der Waals surface area (Å²) in [6, 6.07) is 30.5. The number of benzene rings is 3. The molecule has 3 aromatic rings. The van der Waals surface area contributed by atoms with Gasteiger partial charge in [0.2, 0.25) is 15.7 Å². The van der Waals surface area contributed by atoms with Gasteiger partial charge in [-0.1, -0.05) is 112 Å². The molecule has 1 fully saturated rings. The third-order valence-corrected chi connectivity index (χ3v) is 7.91. The van der Waals surface area contributed by atoms with E-state index in [1.165, 1.54) is 0 Å². The predicted molar refractivity (Wildman–Crippen MR) is 154 cm³/mol. The summed E-state index contributed by atoms with van der Waals surface area (Å²) in [6.45, 7) is 10.9. The number of carbonyl (C=O) groups is 1. The smallest absolute Gasteiger partial charge is 0.239 e. The van der Waals surface area contributed by atoms with E-state index in [0.29, 0.717) is 26.2 Å². The lowest BCUT2D eigenvalue weighted by atomic mass is 9.77. The van der Waals surface area contributed by atoms with Crippen LogP contribution in [0.1, 0.15) is 50.8 Å². The molecule has 0 aliphatic carbocycles. The summed E-state index contributed by atoms with van der Waals surface area (Å²) in [7, 11) is 0.226. The van der Waals surface area contributed by atoms with Crippen molar-refractivity contribution < 1.29 is 14.0 Å². The Bertz CT molecular complexity index is 1100. The van der Waals surface area contributed by atoms with Gasteiger partial charge >= 0.3 is 0 Å². The molecule has 6 heteroatoms. The van der Waals surface area contributed by atoms with Gasteiger partial charge in [-0.3, -0.25) is 4.79 Å². The van der Waals surface area contributed by atoms with Gasteiger partial charge in [-0.05, 0) is 35.1 Å². The average molecular weight is 529 g/mol. The average Bonchev–Trinajstić information content (AvgIpc) is 2.93. The first kappa shape index (κ1) is 28.2. The summed E-state index contributed by atoms with van der Waals surface area (Å²) in [5.74, 6) is 0.100. The first-order chi connectivity index (χ1) is 18.3. The van der Waals surface area contributed by atoms with Crippen molar-refractivity contribution in [3.8, 4) is 0 Å². The summed E-state index contributed by atoms with van der Waals surface area (Å²) in [5.41, 5.74) is 2.39. The number of hydrogen-bond donors (Lipinski definition) is 1. The second-order valence-electron chi connectivity index (χ2n) is 11.0. The Morgan fingerprint density at radius 2 is 1.47 bits per heavy atom. The normalized spacial score (nSPS) is 17.4. The van der Waals surface area contributed by atoms with E-state index in [1.54, 1.807) is 0 Å². The molecule has 0 bridgehead atoms. The molecule has 200 valence electrons. The zero-order valence-corrected chi connectivity index (χ0v) is 24.0. The van der Waals surface area contributed by atoms with Crippen LogP contribution >= 0.6 is 0 Å². The summed E-state index contributed by atoms with van der Waals surface area (Å²) in [4.78, 5) is 15.7. The third kappa shape index (κ3) is 6.80. The van der Waals surface area contributed by atoms with E-state index in [-0.39, 0.29) is 32.8 Å². The molecular formula is C32H40N2O3Si. The molecule has 0 saturated carbocycles. The lowest BCUT2D eigenvalue weighted by Crippen LogP contribution is -2.63. The van der Waals surface area contributed by atoms with Crippen molar-refractivity contribution in [3.63, 3.8) is 0 Å². The van der Waals surface area contributed by atoms with Crippen LogP contribution in [-0.2, 0) is 26.2 Å². The van der Waals surface area contributed by atoms with E-state index in [1.807, 2.05) is 42.2 Å². The van der Waals surface area contributed by atoms with E-state index < -0.39 is 5.60 Å². The van der Waals surface area contributed by atoms with Crippen molar-refractivity contribution in [1.82, 2.24) is 10.2 Å². The summed E-state index contributed by atoms with van der Waals surface area (Å²) < 4.78 is 13.3. The number of nitrogens with zero attached hydrogens (tertiary/aromatic N) is 1. The van der Waals surface area contributed by atoms with Crippen LogP contribution in [-0.4, -0.2) is 52.4 Å². The van der Waals surface area contributed by atoms with Crippen LogP contribution in [0.25, 0.3) is 0 Å². The second kappa shape index (κ2) is 12.9. The van der Waals surface area contributed by atoms with Crippen LogP contribution in [0.3, 0.4) is 0 Å². The number of hydrogen-bond acceptors (Lipinski definition) is 4. The molecule has 2 atom stereocenters. The number of nitrogens with one attached hydrogen (secondary N) is 1. The van der Waals surface area contributed by atoms with Crippen molar-refractivity contribution in [2.75, 3.05) is 19.7 Å². The fourth-order valence-corrected chi connectivity index (χ4v) is 5.88. The Labute approximate surface area is 230 Å². The predicted octanol–water partition coefficient (Wildman–Crippen LogP) is 5.58. The molecule has 0 unspecified atom stereocenters. The maximum atomic E-state index is 13.7. The minimum absolute atomic E-state index is 0.0378. The van der Waals surface area contributed by atoms with E-state index in [0.717, 1.165) is 23.2 Å². The minimum atomic E-state index is -0.850. The highest BCUT2D eigenvalue weighted by molar-refractivity contribution is 6.32. The Morgan fingerprint density at radius 1 is 0.921 bits per heavy atom. The number of piperazine rings is 1. The topological polar surface area (TPSA) is 50.8 Å². The summed E-state index contributed by atoms with van der Waals surface area (Å²) >= 11 is 0. The van der Waals surface area contributed by atoms with Crippen molar-refractivity contribution in [2.45, 2.75) is 63.4 Å². The van der Waals surface area contributed by atoms with Gasteiger partial charge in [-0.15, -0.1) is 0 Å². The lowest BCUT2D eigenvalue weighted by molar-refractivity contribution is -0.144. The van der Waals surface area contributed by atoms with Crippen LogP contribution in [0.5, 0.6) is 0 Å². The number of ether oxygens (including phenoxy) is 1. The van der Waals surface area contributed by atoms with Gasteiger partial charge in [-0.25, -0.2) is 0 Å². The Kier molecular flexibility index (Phi) is 9.55. The lowest BCUT2D eigenvalue weighted by Gasteiger charge is -2.49. The molecule has 1 aliphatic rings. The molecule has 1 amide bonds. The van der Waals surface area contributed by atoms with E-state index >= 15 is 0 Å². The highest BCUT2D eigenvalue weighted by atomic mass is 28.2. The molecule has 1 heterocycles. The third-order valence-electron chi connectivity index (χ3n) is 6.87. The van der Waals surface area contributed by atoms with Crippen LogP contribution in [0.2, 0.25) is 5.04 Å². The van der Waals surface area contributed by atoms with Crippen molar-refractivity contribution in [3.05, 3.63) is 108 Å². The number of amides is 1. The van der Waals surface area contributed by atoms with E-state index in [4.69, 9.17) is 9.16 Å². The van der Waals surface area contributed by atoms with Crippen LogP contribution in [0, 0.1) is 0 Å². The minimum Gasteiger partial charge on any atom is -0.401 e. The van der Waals surface area contributed by atoms with Gasteiger partial charge in [0.05, 0.1) is 18.7 Å². The van der Waals surface area contributed by atoms with Gasteiger partial charge in [0, 0.05) is 19.7 Å². The molecule has 2 radical (unpaired) electrons. The van der Waals surface area contributed by atoms with Gasteiger partial charge in [0.1, 0.15) is 5.60 Å². The quantitative estimate of drug-likeness (QED) is 0.261. The van der Waals surface area contributed by atoms with Gasteiger partial charge in [-0.2, -0.15) is 0 Å². The molecule has 0 aromatic heterocycles. The molecule has 38 heavy (non-hydrogen) atoms. The van der Waals surface area contributed by atoms with Crippen molar-refractivity contribution in [2.24, 2.45) is 0 Å². The van der Waals surface area contributed by atoms with Crippen molar-refractivity contribution in [1.29, 1.82) is 0 Å². The fourth-order valence-electron chi connectivity index (χ4n) is 5.04. The highest BCUT2D eigenvalue weighted by Gasteiger charge is 2.49. The highest BCUT2D eigenvalue weighted by Crippen LogP contribution is 2.43. The maximum Gasteiger partial charge on any atom is 0.239 e. The van der Waals surface area contributed by atoms with Gasteiger partial charge in [0.15, 0.2) is 0 Å². The molecule has 0 spiro atoms. The Morgan fingerprint density at radius 3 is 2.03 bits per heavy atom.